The Morgan fingerprint density at radius 3 is 2.46 bits per heavy atom. The predicted molar refractivity (Wildman–Crippen MR) is 99.6 cm³/mol. The number of hydrogen-bond donors (Lipinski definition) is 0. The van der Waals surface area contributed by atoms with Gasteiger partial charge in [0.1, 0.15) is 5.69 Å². The molecule has 0 N–H and O–H groups in total. The van der Waals surface area contributed by atoms with Crippen molar-refractivity contribution in [3.05, 3.63) is 82.5 Å². The van der Waals surface area contributed by atoms with Gasteiger partial charge in [-0.15, -0.1) is 0 Å². The van der Waals surface area contributed by atoms with E-state index in [4.69, 9.17) is 4.98 Å². The molecule has 4 rings (SSSR count). The lowest BCUT2D eigenvalue weighted by Crippen LogP contribution is -1.96. The summed E-state index contributed by atoms with van der Waals surface area (Å²) < 4.78 is 0. The van der Waals surface area contributed by atoms with Crippen molar-refractivity contribution in [2.75, 3.05) is 0 Å². The minimum Gasteiger partial charge on any atom is -0.258 e. The van der Waals surface area contributed by atoms with E-state index in [1.54, 1.807) is 18.3 Å². The first-order chi connectivity index (χ1) is 12.6. The normalized spacial score (nSPS) is 10.8. The Bertz CT molecular complexity index is 1120. The van der Waals surface area contributed by atoms with Gasteiger partial charge in [0, 0.05) is 29.3 Å². The third-order valence-electron chi connectivity index (χ3n) is 4.17. The fraction of sp³-hybridized carbons (Fsp3) is 0.0500. The van der Waals surface area contributed by atoms with Gasteiger partial charge >= 0.3 is 0 Å². The molecule has 6 nitrogen and oxygen atoms in total. The molecule has 0 spiro atoms. The van der Waals surface area contributed by atoms with Crippen LogP contribution in [-0.2, 0) is 0 Å². The number of rotatable bonds is 3. The molecular weight excluding hydrogens is 328 g/mol. The molecule has 2 aromatic carbocycles. The fourth-order valence-corrected chi connectivity index (χ4v) is 2.78. The van der Waals surface area contributed by atoms with Crippen molar-refractivity contribution >= 4 is 16.6 Å². The molecule has 0 amide bonds. The lowest BCUT2D eigenvalue weighted by Gasteiger charge is -2.08. The first kappa shape index (κ1) is 15.8. The molecule has 0 saturated carbocycles. The topological polar surface area (TPSA) is 81.8 Å². The zero-order valence-electron chi connectivity index (χ0n) is 14.0. The number of hydrogen-bond acceptors (Lipinski definition) is 5. The Labute approximate surface area is 149 Å². The zero-order chi connectivity index (χ0) is 18.1. The number of nitro groups is 1. The number of para-hydroxylation sites is 1. The Balaban J connectivity index is 1.78. The molecule has 0 aliphatic rings. The maximum absolute atomic E-state index is 10.8. The first-order valence-electron chi connectivity index (χ1n) is 8.06. The molecule has 6 heteroatoms. The van der Waals surface area contributed by atoms with Gasteiger partial charge < -0.3 is 0 Å². The number of pyridine rings is 1. The molecule has 2 aromatic heterocycles. The molecule has 0 aliphatic carbocycles. The van der Waals surface area contributed by atoms with E-state index in [0.29, 0.717) is 11.5 Å². The second-order valence-electron chi connectivity index (χ2n) is 5.92. The van der Waals surface area contributed by atoms with E-state index < -0.39 is 4.92 Å². The highest BCUT2D eigenvalue weighted by Gasteiger charge is 2.11. The van der Waals surface area contributed by atoms with Crippen LogP contribution < -0.4 is 0 Å². The minimum atomic E-state index is -0.413. The van der Waals surface area contributed by atoms with E-state index in [1.165, 1.54) is 12.1 Å². The summed E-state index contributed by atoms with van der Waals surface area (Å²) in [5, 5.41) is 11.8. The molecule has 26 heavy (non-hydrogen) atoms. The molecule has 126 valence electrons. The molecule has 0 radical (unpaired) electrons. The highest BCUT2D eigenvalue weighted by atomic mass is 16.6. The van der Waals surface area contributed by atoms with Crippen LogP contribution in [0.4, 0.5) is 5.69 Å². The highest BCUT2D eigenvalue weighted by Crippen LogP contribution is 2.26. The number of aryl methyl sites for hydroxylation is 1. The monoisotopic (exact) mass is 342 g/mol. The van der Waals surface area contributed by atoms with E-state index in [0.717, 1.165) is 27.7 Å². The number of nitrogens with zero attached hydrogens (tertiary/aromatic N) is 4. The SMILES string of the molecule is Cc1ccc(-c2ncc3ccccc3n2)nc1-c1ccc([N+](=O)[O-])cc1. The number of benzene rings is 2. The highest BCUT2D eigenvalue weighted by molar-refractivity contribution is 5.79. The van der Waals surface area contributed by atoms with Crippen LogP contribution in [0.25, 0.3) is 33.7 Å². The van der Waals surface area contributed by atoms with E-state index >= 15 is 0 Å². The van der Waals surface area contributed by atoms with Gasteiger partial charge in [-0.05, 0) is 36.8 Å². The van der Waals surface area contributed by atoms with Gasteiger partial charge in [0.25, 0.3) is 5.69 Å². The largest absolute Gasteiger partial charge is 0.269 e. The maximum atomic E-state index is 10.8. The number of nitro benzene ring substituents is 1. The molecule has 0 saturated heterocycles. The Kier molecular flexibility index (Phi) is 3.85. The summed E-state index contributed by atoms with van der Waals surface area (Å²) >= 11 is 0. The van der Waals surface area contributed by atoms with Crippen LogP contribution in [0.1, 0.15) is 5.56 Å². The van der Waals surface area contributed by atoms with E-state index in [-0.39, 0.29) is 5.69 Å². The van der Waals surface area contributed by atoms with Crippen LogP contribution in [0.2, 0.25) is 0 Å². The number of non-ortho nitro benzene ring substituents is 1. The van der Waals surface area contributed by atoms with Crippen molar-refractivity contribution in [3.63, 3.8) is 0 Å². The quantitative estimate of drug-likeness (QED) is 0.402. The average Bonchev–Trinajstić information content (AvgIpc) is 2.68. The summed E-state index contributed by atoms with van der Waals surface area (Å²) in [7, 11) is 0. The van der Waals surface area contributed by atoms with Crippen molar-refractivity contribution in [2.45, 2.75) is 6.92 Å². The number of fused-ring (bicyclic) bond motifs is 1. The fourth-order valence-electron chi connectivity index (χ4n) is 2.78. The first-order valence-corrected chi connectivity index (χ1v) is 8.06. The Morgan fingerprint density at radius 1 is 0.923 bits per heavy atom. The van der Waals surface area contributed by atoms with Crippen LogP contribution in [0.3, 0.4) is 0 Å². The van der Waals surface area contributed by atoms with Crippen molar-refractivity contribution in [1.29, 1.82) is 0 Å². The summed E-state index contributed by atoms with van der Waals surface area (Å²) in [6.07, 6.45) is 1.78. The molecule has 0 aliphatic heterocycles. The molecule has 0 unspecified atom stereocenters. The van der Waals surface area contributed by atoms with Gasteiger partial charge in [0.2, 0.25) is 0 Å². The van der Waals surface area contributed by atoms with E-state index in [9.17, 15) is 10.1 Å². The molecule has 2 heterocycles. The third-order valence-corrected chi connectivity index (χ3v) is 4.17. The summed E-state index contributed by atoms with van der Waals surface area (Å²) in [4.78, 5) is 24.1. The van der Waals surface area contributed by atoms with Crippen LogP contribution in [0.5, 0.6) is 0 Å². The molecule has 0 atom stereocenters. The predicted octanol–water partition coefficient (Wildman–Crippen LogP) is 4.58. The van der Waals surface area contributed by atoms with Crippen molar-refractivity contribution in [1.82, 2.24) is 15.0 Å². The average molecular weight is 342 g/mol. The summed E-state index contributed by atoms with van der Waals surface area (Å²) in [5.74, 6) is 0.548. The van der Waals surface area contributed by atoms with Gasteiger partial charge in [-0.3, -0.25) is 10.1 Å². The maximum Gasteiger partial charge on any atom is 0.269 e. The van der Waals surface area contributed by atoms with Crippen molar-refractivity contribution < 1.29 is 4.92 Å². The van der Waals surface area contributed by atoms with Gasteiger partial charge in [0.05, 0.1) is 16.1 Å². The standard InChI is InChI=1S/C20H14N4O2/c1-13-6-11-18(20-21-12-15-4-2-3-5-17(15)23-20)22-19(13)14-7-9-16(10-8-14)24(25)26/h2-12H,1H3. The smallest absolute Gasteiger partial charge is 0.258 e. The second-order valence-corrected chi connectivity index (χ2v) is 5.92. The van der Waals surface area contributed by atoms with Crippen LogP contribution in [0, 0.1) is 17.0 Å². The van der Waals surface area contributed by atoms with E-state index in [2.05, 4.69) is 9.97 Å². The number of aromatic nitrogens is 3. The third kappa shape index (κ3) is 2.88. The summed E-state index contributed by atoms with van der Waals surface area (Å²) in [5.41, 5.74) is 4.13. The van der Waals surface area contributed by atoms with Gasteiger partial charge in [0.15, 0.2) is 5.82 Å². The molecule has 0 fully saturated rings. The molecular formula is C20H14N4O2. The second kappa shape index (κ2) is 6.33. The van der Waals surface area contributed by atoms with Gasteiger partial charge in [-0.25, -0.2) is 15.0 Å². The summed E-state index contributed by atoms with van der Waals surface area (Å²) in [6, 6.07) is 18.0. The molecule has 4 aromatic rings. The lowest BCUT2D eigenvalue weighted by molar-refractivity contribution is -0.384. The Hall–Kier alpha value is -3.67. The van der Waals surface area contributed by atoms with Gasteiger partial charge in [-0.2, -0.15) is 0 Å². The Morgan fingerprint density at radius 2 is 1.69 bits per heavy atom. The van der Waals surface area contributed by atoms with Crippen LogP contribution >= 0.6 is 0 Å². The zero-order valence-corrected chi connectivity index (χ0v) is 14.0. The lowest BCUT2D eigenvalue weighted by atomic mass is 10.1. The summed E-state index contributed by atoms with van der Waals surface area (Å²) in [6.45, 7) is 1.95. The van der Waals surface area contributed by atoms with Crippen molar-refractivity contribution in [3.8, 4) is 22.8 Å². The van der Waals surface area contributed by atoms with Gasteiger partial charge in [-0.1, -0.05) is 24.3 Å². The van der Waals surface area contributed by atoms with Crippen LogP contribution in [-0.4, -0.2) is 19.9 Å². The van der Waals surface area contributed by atoms with Crippen LogP contribution in [0.15, 0.2) is 66.9 Å². The van der Waals surface area contributed by atoms with Crippen molar-refractivity contribution in [2.24, 2.45) is 0 Å². The minimum absolute atomic E-state index is 0.0559. The van der Waals surface area contributed by atoms with E-state index in [1.807, 2.05) is 43.3 Å². The molecule has 0 bridgehead atoms.